The number of nitrogen functional groups attached to an aromatic ring is 1. The molecule has 3 amide bonds. The van der Waals surface area contributed by atoms with Crippen LogP contribution < -0.4 is 26.5 Å². The summed E-state index contributed by atoms with van der Waals surface area (Å²) in [4.78, 5) is 59.2. The maximum atomic E-state index is 13.0. The highest BCUT2D eigenvalue weighted by molar-refractivity contribution is 8.00. The molecular formula is C23H20N8O7S. The Balaban J connectivity index is 1.37. The molecule has 200 valence electrons. The van der Waals surface area contributed by atoms with Gasteiger partial charge in [-0.25, -0.2) is 4.57 Å². The number of benzene rings is 1. The van der Waals surface area contributed by atoms with Gasteiger partial charge in [-0.1, -0.05) is 16.4 Å². The summed E-state index contributed by atoms with van der Waals surface area (Å²) in [7, 11) is 1.20. The first-order chi connectivity index (χ1) is 18.7. The molecule has 39 heavy (non-hydrogen) atoms. The second kappa shape index (κ2) is 10.1. The fourth-order valence-electron chi connectivity index (χ4n) is 4.42. The van der Waals surface area contributed by atoms with Crippen molar-refractivity contribution in [2.75, 3.05) is 18.6 Å². The highest BCUT2D eigenvalue weighted by Gasteiger charge is 2.53. The molecule has 4 heterocycles. The number of hydrogen-bond donors (Lipinski definition) is 3. The molecular weight excluding hydrogens is 532 g/mol. The number of β-lactam (4-membered cyclic amide) rings is 1. The van der Waals surface area contributed by atoms with Crippen molar-refractivity contribution in [3.63, 3.8) is 0 Å². The van der Waals surface area contributed by atoms with E-state index in [2.05, 4.69) is 30.0 Å². The molecule has 5 rings (SSSR count). The second-order valence-electron chi connectivity index (χ2n) is 8.47. The predicted octanol–water partition coefficient (Wildman–Crippen LogP) is -2.35. The van der Waals surface area contributed by atoms with Gasteiger partial charge in [-0.3, -0.25) is 19.3 Å². The van der Waals surface area contributed by atoms with Crippen LogP contribution in [0.25, 0.3) is 10.8 Å². The summed E-state index contributed by atoms with van der Waals surface area (Å²) in [5.41, 5.74) is 11.0. The average Bonchev–Trinajstić information content (AvgIpc) is 3.34. The molecule has 0 saturated carbocycles. The number of primary amides is 1. The van der Waals surface area contributed by atoms with Crippen LogP contribution in [0.1, 0.15) is 16.2 Å². The molecule has 1 aromatic carbocycles. The fourth-order valence-corrected chi connectivity index (χ4v) is 5.75. The van der Waals surface area contributed by atoms with E-state index in [1.54, 1.807) is 41.2 Å². The van der Waals surface area contributed by atoms with E-state index < -0.39 is 35.1 Å². The van der Waals surface area contributed by atoms with E-state index in [0.29, 0.717) is 16.5 Å². The lowest BCUT2D eigenvalue weighted by Gasteiger charge is -2.50. The lowest BCUT2D eigenvalue weighted by atomic mass is 10.0. The third kappa shape index (κ3) is 4.61. The lowest BCUT2D eigenvalue weighted by molar-refractivity contribution is -0.687. The van der Waals surface area contributed by atoms with Crippen molar-refractivity contribution in [3.05, 3.63) is 59.3 Å². The number of pyridine rings is 1. The second-order valence-corrected chi connectivity index (χ2v) is 9.57. The Labute approximate surface area is 223 Å². The Morgan fingerprint density at radius 2 is 2.15 bits per heavy atom. The SMILES string of the molecule is CO/N=C(\C(=O)NC1C(=O)N2C(C(=O)[O-])=C(C[n+]3ccc4c(C(N)=O)cccc4c3)CS[C@H]12)c1noc(N)n1. The number of carbonyl (C=O) groups is 4. The molecule has 3 aromatic rings. The van der Waals surface area contributed by atoms with E-state index in [4.69, 9.17) is 11.5 Å². The third-order valence-electron chi connectivity index (χ3n) is 6.09. The minimum absolute atomic E-state index is 0.143. The van der Waals surface area contributed by atoms with Crippen molar-refractivity contribution in [2.45, 2.75) is 18.0 Å². The molecule has 16 heteroatoms. The van der Waals surface area contributed by atoms with Gasteiger partial charge in [0.15, 0.2) is 18.9 Å². The highest BCUT2D eigenvalue weighted by atomic mass is 32.2. The van der Waals surface area contributed by atoms with Crippen LogP contribution in [-0.2, 0) is 25.8 Å². The summed E-state index contributed by atoms with van der Waals surface area (Å²) in [6.07, 6.45) is 3.44. The predicted molar refractivity (Wildman–Crippen MR) is 132 cm³/mol. The van der Waals surface area contributed by atoms with Gasteiger partial charge >= 0.3 is 6.01 Å². The summed E-state index contributed by atoms with van der Waals surface area (Å²) in [6, 6.07) is 5.48. The van der Waals surface area contributed by atoms with Gasteiger partial charge in [-0.05, 0) is 12.1 Å². The molecule has 2 aromatic heterocycles. The first-order valence-corrected chi connectivity index (χ1v) is 12.4. The van der Waals surface area contributed by atoms with Crippen molar-refractivity contribution in [1.29, 1.82) is 0 Å². The Kier molecular flexibility index (Phi) is 6.61. The number of thioether (sulfide) groups is 1. The number of anilines is 1. The van der Waals surface area contributed by atoms with Gasteiger partial charge in [-0.15, -0.1) is 11.8 Å². The fraction of sp³-hybridized carbons (Fsp3) is 0.217. The molecule has 0 bridgehead atoms. The third-order valence-corrected chi connectivity index (χ3v) is 7.43. The number of rotatable bonds is 8. The number of carboxylic acids is 1. The zero-order valence-electron chi connectivity index (χ0n) is 20.2. The van der Waals surface area contributed by atoms with Gasteiger partial charge in [0, 0.05) is 33.7 Å². The lowest BCUT2D eigenvalue weighted by Crippen LogP contribution is -2.71. The quantitative estimate of drug-likeness (QED) is 0.116. The van der Waals surface area contributed by atoms with Crippen LogP contribution in [0.5, 0.6) is 0 Å². The molecule has 1 saturated heterocycles. The zero-order valence-corrected chi connectivity index (χ0v) is 21.0. The topological polar surface area (TPSA) is 223 Å². The van der Waals surface area contributed by atoms with Gasteiger partial charge in [0.05, 0.1) is 11.7 Å². The van der Waals surface area contributed by atoms with E-state index in [9.17, 15) is 24.3 Å². The van der Waals surface area contributed by atoms with Crippen molar-refractivity contribution in [1.82, 2.24) is 20.4 Å². The van der Waals surface area contributed by atoms with Crippen molar-refractivity contribution < 1.29 is 38.2 Å². The monoisotopic (exact) mass is 552 g/mol. The summed E-state index contributed by atoms with van der Waals surface area (Å²) in [6.45, 7) is 0.143. The van der Waals surface area contributed by atoms with E-state index in [1.165, 1.54) is 18.9 Å². The van der Waals surface area contributed by atoms with Crippen LogP contribution in [0.3, 0.4) is 0 Å². The summed E-state index contributed by atoms with van der Waals surface area (Å²) in [5.74, 6) is -3.57. The maximum Gasteiger partial charge on any atom is 0.319 e. The zero-order chi connectivity index (χ0) is 27.8. The van der Waals surface area contributed by atoms with Crippen LogP contribution in [0.4, 0.5) is 6.01 Å². The summed E-state index contributed by atoms with van der Waals surface area (Å²) >= 11 is 1.28. The molecule has 0 radical (unpaired) electrons. The number of carboxylic acid groups (broad SMARTS) is 1. The highest BCUT2D eigenvalue weighted by Crippen LogP contribution is 2.40. The van der Waals surface area contributed by atoms with E-state index >= 15 is 0 Å². The number of fused-ring (bicyclic) bond motifs is 2. The normalized spacial score (nSPS) is 18.9. The Bertz CT molecular complexity index is 1600. The number of aromatic nitrogens is 3. The Morgan fingerprint density at radius 3 is 2.82 bits per heavy atom. The number of hydrogen-bond acceptors (Lipinski definition) is 12. The largest absolute Gasteiger partial charge is 0.543 e. The van der Waals surface area contributed by atoms with Gasteiger partial charge < -0.3 is 36.0 Å². The van der Waals surface area contributed by atoms with Crippen LogP contribution in [0.2, 0.25) is 0 Å². The number of carbonyl (C=O) groups excluding carboxylic acids is 4. The average molecular weight is 553 g/mol. The number of aliphatic carboxylic acids is 1. The standard InChI is InChI=1S/C23H20N8O7S/c1-37-28-14(18-27-23(25)38-29-18)19(33)26-15-20(34)31-16(22(35)36)11(9-39-21(15)31)8-30-6-5-12-10(7-30)3-2-4-13(12)17(24)32/h2-7,15,21H,8-9H2,1H3,(H5-,24,25,26,27,29,32,33,35,36)/b28-14-/t15?,21-/m1/s1. The molecule has 2 atom stereocenters. The Hall–Kier alpha value is -4.99. The minimum atomic E-state index is -1.52. The summed E-state index contributed by atoms with van der Waals surface area (Å²) < 4.78 is 6.39. The van der Waals surface area contributed by atoms with Gasteiger partial charge in [0.25, 0.3) is 11.8 Å². The number of nitrogens with one attached hydrogen (secondary N) is 1. The first-order valence-electron chi connectivity index (χ1n) is 11.3. The van der Waals surface area contributed by atoms with Crippen molar-refractivity contribution in [2.24, 2.45) is 10.9 Å². The van der Waals surface area contributed by atoms with Crippen molar-refractivity contribution >= 4 is 58.0 Å². The summed E-state index contributed by atoms with van der Waals surface area (Å²) in [5, 5.41) is 22.4. The van der Waals surface area contributed by atoms with Crippen LogP contribution in [0.15, 0.2) is 57.6 Å². The Morgan fingerprint density at radius 1 is 1.36 bits per heavy atom. The minimum Gasteiger partial charge on any atom is -0.543 e. The maximum absolute atomic E-state index is 13.0. The van der Waals surface area contributed by atoms with Crippen LogP contribution in [0, 0.1) is 0 Å². The van der Waals surface area contributed by atoms with E-state index in [1.807, 2.05) is 0 Å². The van der Waals surface area contributed by atoms with Gasteiger partial charge in [0.2, 0.25) is 17.4 Å². The number of oxime groups is 1. The molecule has 5 N–H and O–H groups in total. The molecule has 1 unspecified atom stereocenters. The van der Waals surface area contributed by atoms with E-state index in [0.717, 1.165) is 10.3 Å². The smallest absolute Gasteiger partial charge is 0.319 e. The molecule has 1 fully saturated rings. The van der Waals surface area contributed by atoms with Gasteiger partial charge in [-0.2, -0.15) is 4.98 Å². The number of amides is 3. The van der Waals surface area contributed by atoms with Crippen molar-refractivity contribution in [3.8, 4) is 0 Å². The molecule has 15 nitrogen and oxygen atoms in total. The number of nitrogens with two attached hydrogens (primary N) is 2. The first kappa shape index (κ1) is 25.7. The van der Waals surface area contributed by atoms with E-state index in [-0.39, 0.29) is 35.5 Å². The molecule has 0 spiro atoms. The number of nitrogens with zero attached hydrogens (tertiary/aromatic N) is 5. The molecule has 2 aliphatic rings. The molecule has 2 aliphatic heterocycles. The van der Waals surface area contributed by atoms with Gasteiger partial charge in [0.1, 0.15) is 18.5 Å². The van der Waals surface area contributed by atoms with Crippen LogP contribution >= 0.6 is 11.8 Å². The molecule has 0 aliphatic carbocycles. The van der Waals surface area contributed by atoms with Crippen LogP contribution in [-0.4, -0.2) is 68.7 Å².